The molecule has 0 bridgehead atoms. The molecular weight excluding hydrogens is 236 g/mol. The molecule has 0 fully saturated rings. The Labute approximate surface area is 105 Å². The maximum atomic E-state index is 5.54. The quantitative estimate of drug-likeness (QED) is 0.822. The summed E-state index contributed by atoms with van der Waals surface area (Å²) < 4.78 is 10.7. The first-order valence-electron chi connectivity index (χ1n) is 5.64. The fourth-order valence-corrected chi connectivity index (χ4v) is 2.05. The number of nitrogens with zero attached hydrogens (tertiary/aromatic N) is 1. The van der Waals surface area contributed by atoms with Crippen LogP contribution in [0.15, 0.2) is 28.1 Å². The molecule has 0 atom stereocenters. The normalized spacial score (nSPS) is 10.9. The zero-order valence-corrected chi connectivity index (χ0v) is 10.6. The summed E-state index contributed by atoms with van der Waals surface area (Å²) in [5.41, 5.74) is 0.918. The number of nitrogens with one attached hydrogen (secondary N) is 1. The van der Waals surface area contributed by atoms with Gasteiger partial charge in [0.05, 0.1) is 12.3 Å². The summed E-state index contributed by atoms with van der Waals surface area (Å²) >= 11 is 1.69. The van der Waals surface area contributed by atoms with Crippen LogP contribution >= 0.6 is 11.3 Å². The van der Waals surface area contributed by atoms with Gasteiger partial charge in [-0.05, 0) is 18.0 Å². The number of ether oxygens (including phenoxy) is 1. The van der Waals surface area contributed by atoms with Gasteiger partial charge in [0, 0.05) is 17.5 Å². The molecule has 2 rings (SSSR count). The van der Waals surface area contributed by atoms with Crippen LogP contribution in [0, 0.1) is 0 Å². The maximum absolute atomic E-state index is 5.54. The summed E-state index contributed by atoms with van der Waals surface area (Å²) in [5.74, 6) is 0.773. The maximum Gasteiger partial charge on any atom is 0.162 e. The lowest BCUT2D eigenvalue weighted by Crippen LogP contribution is -2.11. The van der Waals surface area contributed by atoms with Crippen LogP contribution in [0.4, 0.5) is 0 Å². The lowest BCUT2D eigenvalue weighted by molar-refractivity contribution is 0.0901. The van der Waals surface area contributed by atoms with Crippen molar-refractivity contribution in [2.24, 2.45) is 0 Å². The van der Waals surface area contributed by atoms with Crippen LogP contribution in [0.3, 0.4) is 0 Å². The van der Waals surface area contributed by atoms with E-state index in [1.165, 1.54) is 4.88 Å². The van der Waals surface area contributed by atoms with Crippen molar-refractivity contribution in [3.63, 3.8) is 0 Å². The molecule has 2 aromatic rings. The minimum absolute atomic E-state index is 0.469. The van der Waals surface area contributed by atoms with E-state index in [-0.39, 0.29) is 0 Å². The molecule has 0 saturated heterocycles. The largest absolute Gasteiger partial charge is 0.368 e. The van der Waals surface area contributed by atoms with Crippen LogP contribution in [0.1, 0.15) is 23.3 Å². The standard InChI is InChI=1S/C12H16N2O2S/c1-2-13-7-10-6-11(16-14-10)8-15-9-12-4-3-5-17-12/h3-6,13H,2,7-9H2,1H3. The molecule has 0 amide bonds. The number of hydrogen-bond acceptors (Lipinski definition) is 5. The van der Waals surface area contributed by atoms with Crippen LogP contribution in [0.2, 0.25) is 0 Å². The molecule has 1 N–H and O–H groups in total. The van der Waals surface area contributed by atoms with Crippen molar-refractivity contribution >= 4 is 11.3 Å². The molecule has 0 saturated carbocycles. The van der Waals surface area contributed by atoms with Crippen molar-refractivity contribution in [1.82, 2.24) is 10.5 Å². The van der Waals surface area contributed by atoms with Gasteiger partial charge in [-0.2, -0.15) is 0 Å². The summed E-state index contributed by atoms with van der Waals surface area (Å²) in [5, 5.41) is 9.19. The van der Waals surface area contributed by atoms with E-state index < -0.39 is 0 Å². The Balaban J connectivity index is 1.73. The predicted octanol–water partition coefficient (Wildman–Crippen LogP) is 2.56. The Bertz CT molecular complexity index is 425. The number of rotatable bonds is 7. The molecular formula is C12H16N2O2S. The van der Waals surface area contributed by atoms with E-state index in [2.05, 4.69) is 23.5 Å². The first-order chi connectivity index (χ1) is 8.38. The smallest absolute Gasteiger partial charge is 0.162 e. The van der Waals surface area contributed by atoms with Gasteiger partial charge in [-0.3, -0.25) is 0 Å². The Morgan fingerprint density at radius 3 is 3.18 bits per heavy atom. The van der Waals surface area contributed by atoms with E-state index in [0.29, 0.717) is 13.2 Å². The van der Waals surface area contributed by atoms with Gasteiger partial charge in [0.25, 0.3) is 0 Å². The van der Waals surface area contributed by atoms with E-state index in [9.17, 15) is 0 Å². The average Bonchev–Trinajstić information content (AvgIpc) is 2.98. The van der Waals surface area contributed by atoms with Gasteiger partial charge < -0.3 is 14.6 Å². The summed E-state index contributed by atoms with van der Waals surface area (Å²) in [6, 6.07) is 6.01. The van der Waals surface area contributed by atoms with Gasteiger partial charge in [0.1, 0.15) is 6.61 Å². The summed E-state index contributed by atoms with van der Waals surface area (Å²) in [6.07, 6.45) is 0. The number of aromatic nitrogens is 1. The van der Waals surface area contributed by atoms with E-state index >= 15 is 0 Å². The molecule has 0 aliphatic heterocycles. The van der Waals surface area contributed by atoms with Crippen LogP contribution in [-0.2, 0) is 24.5 Å². The molecule has 0 aliphatic carbocycles. The highest BCUT2D eigenvalue weighted by Gasteiger charge is 2.04. The molecule has 2 aromatic heterocycles. The summed E-state index contributed by atoms with van der Waals surface area (Å²) in [6.45, 7) is 4.82. The molecule has 0 aliphatic rings. The zero-order chi connectivity index (χ0) is 11.9. The van der Waals surface area contributed by atoms with Crippen LogP contribution in [0.5, 0.6) is 0 Å². The third-order valence-electron chi connectivity index (χ3n) is 2.23. The van der Waals surface area contributed by atoms with Gasteiger partial charge in [-0.15, -0.1) is 11.3 Å². The monoisotopic (exact) mass is 252 g/mol. The minimum atomic E-state index is 0.469. The zero-order valence-electron chi connectivity index (χ0n) is 9.81. The minimum Gasteiger partial charge on any atom is -0.368 e. The summed E-state index contributed by atoms with van der Waals surface area (Å²) in [7, 11) is 0. The summed E-state index contributed by atoms with van der Waals surface area (Å²) in [4.78, 5) is 1.22. The SMILES string of the molecule is CCNCc1cc(COCc2cccs2)on1. The Hall–Kier alpha value is -1.17. The Morgan fingerprint density at radius 1 is 1.47 bits per heavy atom. The van der Waals surface area contributed by atoms with Crippen molar-refractivity contribution in [1.29, 1.82) is 0 Å². The highest BCUT2D eigenvalue weighted by Crippen LogP contribution is 2.11. The van der Waals surface area contributed by atoms with Crippen molar-refractivity contribution in [2.45, 2.75) is 26.7 Å². The lowest BCUT2D eigenvalue weighted by Gasteiger charge is -1.97. The molecule has 92 valence electrons. The van der Waals surface area contributed by atoms with Crippen LogP contribution in [-0.4, -0.2) is 11.7 Å². The third-order valence-corrected chi connectivity index (χ3v) is 3.08. The highest BCUT2D eigenvalue weighted by molar-refractivity contribution is 7.09. The van der Waals surface area contributed by atoms with Crippen LogP contribution < -0.4 is 5.32 Å². The fourth-order valence-electron chi connectivity index (χ4n) is 1.41. The Morgan fingerprint density at radius 2 is 2.41 bits per heavy atom. The van der Waals surface area contributed by atoms with Gasteiger partial charge in [-0.1, -0.05) is 18.1 Å². The van der Waals surface area contributed by atoms with Crippen molar-refractivity contribution in [2.75, 3.05) is 6.54 Å². The number of hydrogen-bond donors (Lipinski definition) is 1. The van der Waals surface area contributed by atoms with Gasteiger partial charge in [-0.25, -0.2) is 0 Å². The van der Waals surface area contributed by atoms with E-state index in [4.69, 9.17) is 9.26 Å². The van der Waals surface area contributed by atoms with Crippen molar-refractivity contribution < 1.29 is 9.26 Å². The van der Waals surface area contributed by atoms with Crippen molar-refractivity contribution in [3.05, 3.63) is 39.9 Å². The van der Waals surface area contributed by atoms with E-state index in [0.717, 1.165) is 24.5 Å². The molecule has 0 aromatic carbocycles. The Kier molecular flexibility index (Phi) is 4.73. The first kappa shape index (κ1) is 12.3. The second-order valence-electron chi connectivity index (χ2n) is 3.64. The molecule has 0 spiro atoms. The molecule has 0 radical (unpaired) electrons. The molecule has 17 heavy (non-hydrogen) atoms. The molecule has 0 unspecified atom stereocenters. The predicted molar refractivity (Wildman–Crippen MR) is 66.7 cm³/mol. The highest BCUT2D eigenvalue weighted by atomic mass is 32.1. The van der Waals surface area contributed by atoms with Crippen LogP contribution in [0.25, 0.3) is 0 Å². The molecule has 2 heterocycles. The lowest BCUT2D eigenvalue weighted by atomic mass is 10.3. The topological polar surface area (TPSA) is 47.3 Å². The van der Waals surface area contributed by atoms with Gasteiger partial charge >= 0.3 is 0 Å². The second-order valence-corrected chi connectivity index (χ2v) is 4.67. The third kappa shape index (κ3) is 3.96. The van der Waals surface area contributed by atoms with E-state index in [1.54, 1.807) is 11.3 Å². The van der Waals surface area contributed by atoms with Gasteiger partial charge in [0.2, 0.25) is 0 Å². The molecule has 4 nitrogen and oxygen atoms in total. The molecule has 5 heteroatoms. The van der Waals surface area contributed by atoms with E-state index in [1.807, 2.05) is 17.5 Å². The first-order valence-corrected chi connectivity index (χ1v) is 6.51. The van der Waals surface area contributed by atoms with Gasteiger partial charge in [0.15, 0.2) is 5.76 Å². The second kappa shape index (κ2) is 6.54. The fraction of sp³-hybridized carbons (Fsp3) is 0.417. The average molecular weight is 252 g/mol. The van der Waals surface area contributed by atoms with Crippen molar-refractivity contribution in [3.8, 4) is 0 Å². The number of thiophene rings is 1.